The molecule has 0 radical (unpaired) electrons. The number of carboxylic acids is 1. The minimum absolute atomic E-state index is 0. The van der Waals surface area contributed by atoms with Crippen LogP contribution in [0.25, 0.3) is 0 Å². The van der Waals surface area contributed by atoms with Crippen molar-refractivity contribution in [3.05, 3.63) is 23.8 Å². The van der Waals surface area contributed by atoms with Crippen LogP contribution in [0.5, 0.6) is 0 Å². The quantitative estimate of drug-likeness (QED) is 0.384. The number of hydrogen-bond acceptors (Lipinski definition) is 3. The van der Waals surface area contributed by atoms with Crippen LogP contribution in [0.15, 0.2) is 23.8 Å². The van der Waals surface area contributed by atoms with Gasteiger partial charge in [-0.15, -0.1) is 0 Å². The van der Waals surface area contributed by atoms with E-state index in [4.69, 9.17) is 5.11 Å². The van der Waals surface area contributed by atoms with E-state index in [1.165, 1.54) is 6.41 Å². The van der Waals surface area contributed by atoms with Crippen LogP contribution in [0.2, 0.25) is 0 Å². The minimum Gasteiger partial charge on any atom is -0.520 e. The summed E-state index contributed by atoms with van der Waals surface area (Å²) in [5.41, 5.74) is 0.511. The summed E-state index contributed by atoms with van der Waals surface area (Å²) in [6.07, 6.45) is 6.95. The van der Waals surface area contributed by atoms with E-state index in [9.17, 15) is 14.7 Å². The fraction of sp³-hybridized carbons (Fsp3) is 0.400. The van der Waals surface area contributed by atoms with Gasteiger partial charge < -0.3 is 20.3 Å². The van der Waals surface area contributed by atoms with Gasteiger partial charge >= 0.3 is 5.97 Å². The zero-order chi connectivity index (χ0) is 11.3. The van der Waals surface area contributed by atoms with E-state index in [1.807, 2.05) is 11.4 Å². The predicted octanol–water partition coefficient (Wildman–Crippen LogP) is -0.266. The molecule has 2 atom stereocenters. The maximum Gasteiger partial charge on any atom is 0.326 e. The number of carbonyl (C=O) groups is 1. The van der Waals surface area contributed by atoms with E-state index >= 15 is 0 Å². The molecule has 1 aliphatic carbocycles. The molecule has 0 spiro atoms. The monoisotopic (exact) mass is 467 g/mol. The summed E-state index contributed by atoms with van der Waals surface area (Å²) >= 11 is 0. The van der Waals surface area contributed by atoms with Gasteiger partial charge in [0, 0.05) is 0 Å². The molecule has 1 rings (SSSR count). The molecular formula is C10H12FmNO4-. The number of allylic oxidation sites excluding steroid dienone is 2. The molecule has 0 aromatic rings. The Morgan fingerprint density at radius 3 is 2.62 bits per heavy atom. The molecule has 0 aromatic heterocycles. The fourth-order valence-electron chi connectivity index (χ4n) is 1.38. The van der Waals surface area contributed by atoms with Crippen LogP contribution in [0.3, 0.4) is 0 Å². The SMILES string of the molecule is O=[C-]NC(C(=O)O)C(O)C1=CCCC=C1.[Fm]. The van der Waals surface area contributed by atoms with Gasteiger partial charge in [-0.3, -0.25) is 0 Å². The maximum atomic E-state index is 10.7. The van der Waals surface area contributed by atoms with Crippen molar-refractivity contribution in [1.82, 2.24) is 5.32 Å². The topological polar surface area (TPSA) is 86.6 Å². The van der Waals surface area contributed by atoms with Crippen LogP contribution in [-0.2, 0) is 9.59 Å². The zero-order valence-corrected chi connectivity index (χ0v) is 10.7. The molecule has 0 aliphatic heterocycles. The van der Waals surface area contributed by atoms with Crippen molar-refractivity contribution < 1.29 is 19.8 Å². The summed E-state index contributed by atoms with van der Waals surface area (Å²) in [4.78, 5) is 20.8. The molecule has 94 valence electrons. The summed E-state index contributed by atoms with van der Waals surface area (Å²) in [6.45, 7) is 0. The Bertz CT molecular complexity index is 314. The van der Waals surface area contributed by atoms with Gasteiger partial charge in [-0.25, -0.2) is 4.79 Å². The Hall–Kier alpha value is -2.62. The molecule has 0 heterocycles. The second kappa shape index (κ2) is 5.98. The molecule has 6 heteroatoms. The van der Waals surface area contributed by atoms with E-state index in [0.29, 0.717) is 5.57 Å². The largest absolute Gasteiger partial charge is 0.520 e. The van der Waals surface area contributed by atoms with Crippen molar-refractivity contribution in [2.45, 2.75) is 25.0 Å². The molecule has 0 aromatic carbocycles. The minimum atomic E-state index is -1.35. The summed E-state index contributed by atoms with van der Waals surface area (Å²) in [5.74, 6) is -1.29. The third-order valence-electron chi connectivity index (χ3n) is 2.16. The normalized spacial score (nSPS) is 17.7. The van der Waals surface area contributed by atoms with Crippen LogP contribution in [0.4, 0.5) is 0 Å². The summed E-state index contributed by atoms with van der Waals surface area (Å²) < 4.78 is 0. The van der Waals surface area contributed by atoms with Crippen LogP contribution in [0.1, 0.15) is 12.8 Å². The number of amides is 1. The molecule has 0 fully saturated rings. The third-order valence-corrected chi connectivity index (χ3v) is 2.16. The standard InChI is InChI=1S/C10H12NO4.Fm/c12-6-11-8(10(14)15)9(13)7-4-2-1-3-5-7;/h2,4-5,8-9,13H,1,3H2,(H,11,12)(H,14,15);/q-1;. The van der Waals surface area contributed by atoms with Gasteiger partial charge in [0.15, 0.2) is 0 Å². The summed E-state index contributed by atoms with van der Waals surface area (Å²) in [5, 5.41) is 20.4. The van der Waals surface area contributed by atoms with Gasteiger partial charge in [-0.05, 0) is 18.4 Å². The second-order valence-corrected chi connectivity index (χ2v) is 3.19. The molecule has 5 nitrogen and oxygen atoms in total. The van der Waals surface area contributed by atoms with E-state index in [-0.39, 0.29) is 0 Å². The smallest absolute Gasteiger partial charge is 0.326 e. The fourth-order valence-corrected chi connectivity index (χ4v) is 1.38. The van der Waals surface area contributed by atoms with Crippen molar-refractivity contribution >= 4 is 12.4 Å². The molecule has 1 aliphatic rings. The molecule has 0 saturated heterocycles. The van der Waals surface area contributed by atoms with Gasteiger partial charge in [0.1, 0.15) is 12.1 Å². The van der Waals surface area contributed by atoms with E-state index in [0.717, 1.165) is 12.8 Å². The maximum absolute atomic E-state index is 10.7. The Kier molecular flexibility index (Phi) is 5.00. The van der Waals surface area contributed by atoms with Crippen molar-refractivity contribution in [2.75, 3.05) is 0 Å². The van der Waals surface area contributed by atoms with E-state index in [2.05, 4.69) is 0 Å². The predicted molar refractivity (Wildman–Crippen MR) is 52.7 cm³/mol. The number of carboxylic acid groups (broad SMARTS) is 1. The molecule has 0 bridgehead atoms. The van der Waals surface area contributed by atoms with Gasteiger partial charge in [-0.2, -0.15) is 6.41 Å². The summed E-state index contributed by atoms with van der Waals surface area (Å²) in [7, 11) is 0. The van der Waals surface area contributed by atoms with Crippen LogP contribution in [0, 0.1) is 0 Å². The number of hydrogen-bond donors (Lipinski definition) is 3. The Morgan fingerprint density at radius 2 is 2.19 bits per heavy atom. The average molecular weight is 467 g/mol. The molecule has 16 heavy (non-hydrogen) atoms. The number of aliphatic hydroxyl groups is 1. The Morgan fingerprint density at radius 1 is 1.50 bits per heavy atom. The first kappa shape index (κ1) is 13.4. The number of aliphatic hydroxyl groups excluding tert-OH is 1. The Labute approximate surface area is 87.1 Å². The van der Waals surface area contributed by atoms with E-state index < -0.39 is 18.1 Å². The average Bonchev–Trinajstić information content (AvgIpc) is 2.26. The van der Waals surface area contributed by atoms with Crippen LogP contribution >= 0.6 is 0 Å². The van der Waals surface area contributed by atoms with Crippen LogP contribution in [-0.4, -0.2) is 34.7 Å². The number of aliphatic carboxylic acids is 1. The Balaban J connectivity index is 0.00000225. The van der Waals surface area contributed by atoms with Crippen molar-refractivity contribution in [2.24, 2.45) is 0 Å². The molecule has 1 amide bonds. The van der Waals surface area contributed by atoms with Gasteiger partial charge in [-0.1, -0.05) is 18.2 Å². The van der Waals surface area contributed by atoms with Crippen molar-refractivity contribution in [3.8, 4) is 0 Å². The first-order valence-corrected chi connectivity index (χ1v) is 4.57. The molecule has 2 unspecified atom stereocenters. The number of rotatable bonds is 5. The zero-order valence-electron chi connectivity index (χ0n) is 8.30. The van der Waals surface area contributed by atoms with Crippen molar-refractivity contribution in [1.29, 1.82) is 0 Å². The molecular weight excluding hydrogens is 455 g/mol. The van der Waals surface area contributed by atoms with Gasteiger partial charge in [0.25, 0.3) is 0 Å². The van der Waals surface area contributed by atoms with Gasteiger partial charge in [0.05, 0.1) is 0 Å². The first-order chi connectivity index (χ1) is 7.16. The number of nitrogens with one attached hydrogen (secondary N) is 1. The second-order valence-electron chi connectivity index (χ2n) is 3.19. The molecule has 0 saturated carbocycles. The summed E-state index contributed by atoms with van der Waals surface area (Å²) in [6, 6.07) is -1.35. The van der Waals surface area contributed by atoms with Gasteiger partial charge in [0.2, 0.25) is 0 Å². The third kappa shape index (κ3) is 2.95. The first-order valence-electron chi connectivity index (χ1n) is 4.57. The molecule has 3 N–H and O–H groups in total. The number of carbonyl (C=O) groups excluding carboxylic acids is 1. The van der Waals surface area contributed by atoms with Crippen LogP contribution < -0.4 is 5.32 Å². The van der Waals surface area contributed by atoms with Crippen molar-refractivity contribution in [3.63, 3.8) is 0 Å². The van der Waals surface area contributed by atoms with E-state index in [1.54, 1.807) is 12.2 Å².